The number of carboxylic acid groups (broad SMARTS) is 1. The lowest BCUT2D eigenvalue weighted by molar-refractivity contribution is 0.0702. The number of aromatic carboxylic acids is 1. The first-order chi connectivity index (χ1) is 16.4. The maximum Gasteiger partial charge on any atom is 0.419 e. The highest BCUT2D eigenvalue weighted by Crippen LogP contribution is 2.30. The van der Waals surface area contributed by atoms with E-state index in [-0.39, 0.29) is 29.1 Å². The number of anilines is 1. The van der Waals surface area contributed by atoms with Crippen molar-refractivity contribution in [2.75, 3.05) is 11.9 Å². The van der Waals surface area contributed by atoms with Gasteiger partial charge >= 0.3 is 11.7 Å². The fourth-order valence-electron chi connectivity index (χ4n) is 3.84. The van der Waals surface area contributed by atoms with Gasteiger partial charge in [-0.25, -0.2) is 19.6 Å². The Bertz CT molecular complexity index is 1470. The lowest BCUT2D eigenvalue weighted by Gasteiger charge is -2.11. The number of aryl methyl sites for hydroxylation is 1. The van der Waals surface area contributed by atoms with Crippen LogP contribution in [0.2, 0.25) is 0 Å². The molecular weight excluding hydrogens is 460 g/mol. The maximum atomic E-state index is 12.9. The van der Waals surface area contributed by atoms with Gasteiger partial charge in [0.25, 0.3) is 5.91 Å². The number of carbonyl (C=O) groups is 2. The van der Waals surface area contributed by atoms with Crippen molar-refractivity contribution in [1.29, 1.82) is 0 Å². The number of rotatable bonds is 7. The quantitative estimate of drug-likeness (QED) is 0.311. The van der Waals surface area contributed by atoms with Gasteiger partial charge in [0.2, 0.25) is 0 Å². The highest BCUT2D eigenvalue weighted by Gasteiger charge is 2.29. The largest absolute Gasteiger partial charge is 0.477 e. The van der Waals surface area contributed by atoms with E-state index in [2.05, 4.69) is 25.9 Å². The monoisotopic (exact) mass is 480 g/mol. The van der Waals surface area contributed by atoms with Crippen LogP contribution in [0.5, 0.6) is 0 Å². The zero-order valence-electron chi connectivity index (χ0n) is 18.0. The molecule has 12 heteroatoms. The van der Waals surface area contributed by atoms with Crippen molar-refractivity contribution in [2.24, 2.45) is 7.05 Å². The average molecular weight is 481 g/mol. The average Bonchev–Trinajstić information content (AvgIpc) is 3.54. The predicted molar refractivity (Wildman–Crippen MR) is 124 cm³/mol. The number of aromatic nitrogens is 3. The van der Waals surface area contributed by atoms with Crippen molar-refractivity contribution in [3.05, 3.63) is 73.9 Å². The Morgan fingerprint density at radius 1 is 1.26 bits per heavy atom. The lowest BCUT2D eigenvalue weighted by atomic mass is 10.1. The second kappa shape index (κ2) is 8.72. The molecule has 4 N–H and O–H groups in total. The summed E-state index contributed by atoms with van der Waals surface area (Å²) in [5, 5.41) is 18.5. The summed E-state index contributed by atoms with van der Waals surface area (Å²) in [6.45, 7) is 1.25. The van der Waals surface area contributed by atoms with E-state index in [9.17, 15) is 14.4 Å². The van der Waals surface area contributed by atoms with E-state index >= 15 is 0 Å². The Morgan fingerprint density at radius 2 is 2.12 bits per heavy atom. The molecular formula is C22H20N6O5S. The van der Waals surface area contributed by atoms with Crippen molar-refractivity contribution in [2.45, 2.75) is 19.1 Å². The van der Waals surface area contributed by atoms with Crippen LogP contribution in [0, 0.1) is 0 Å². The normalized spacial score (nSPS) is 14.7. The molecule has 1 unspecified atom stereocenters. The summed E-state index contributed by atoms with van der Waals surface area (Å²) >= 11 is 1.22. The van der Waals surface area contributed by atoms with E-state index in [1.165, 1.54) is 22.2 Å². The molecule has 1 atom stereocenters. The third-order valence-electron chi connectivity index (χ3n) is 5.61. The number of hydrogen-bond donors (Lipinski definition) is 4. The van der Waals surface area contributed by atoms with Crippen molar-refractivity contribution in [3.8, 4) is 0 Å². The number of thiophene rings is 1. The maximum absolute atomic E-state index is 12.9. The molecule has 0 saturated carbocycles. The number of carboxylic acids is 1. The number of nitrogens with one attached hydrogen (secondary N) is 3. The SMILES string of the molecule is Cn1c(=O)oc2ccc(CNC(=O)c3ncnc4c3NCC4NCc3ccc(C(=O)O)s3)cc21. The Balaban J connectivity index is 1.26. The molecule has 0 spiro atoms. The fourth-order valence-corrected chi connectivity index (χ4v) is 4.64. The molecule has 5 rings (SSSR count). The molecule has 4 aromatic rings. The second-order valence-corrected chi connectivity index (χ2v) is 8.95. The van der Waals surface area contributed by atoms with Crippen LogP contribution < -0.4 is 21.7 Å². The Hall–Kier alpha value is -4.03. The van der Waals surface area contributed by atoms with Gasteiger partial charge < -0.3 is 25.5 Å². The van der Waals surface area contributed by atoms with Crippen LogP contribution in [-0.4, -0.2) is 38.1 Å². The van der Waals surface area contributed by atoms with Gasteiger partial charge in [0.05, 0.1) is 22.9 Å². The lowest BCUT2D eigenvalue weighted by Crippen LogP contribution is -2.25. The van der Waals surface area contributed by atoms with E-state index in [1.54, 1.807) is 37.4 Å². The molecule has 1 aliphatic heterocycles. The Labute approximate surface area is 196 Å². The smallest absolute Gasteiger partial charge is 0.419 e. The van der Waals surface area contributed by atoms with Crippen LogP contribution in [0.25, 0.3) is 11.1 Å². The third kappa shape index (κ3) is 4.04. The standard InChI is InChI=1S/C22H20N6O5S/c1-28-14-6-11(2-4-15(14)33-22(28)32)7-25-20(29)19-18-17(26-10-27-19)13(9-24-18)23-8-12-3-5-16(34-12)21(30)31/h2-6,10,13,23-24H,7-9H2,1H3,(H,25,29)(H,30,31). The molecule has 1 aromatic carbocycles. The fraction of sp³-hybridized carbons (Fsp3) is 0.227. The van der Waals surface area contributed by atoms with Crippen LogP contribution in [-0.2, 0) is 20.1 Å². The molecule has 1 amide bonds. The molecule has 4 heterocycles. The van der Waals surface area contributed by atoms with E-state index in [0.29, 0.717) is 35.6 Å². The summed E-state index contributed by atoms with van der Waals surface area (Å²) in [6.07, 6.45) is 1.36. The minimum Gasteiger partial charge on any atom is -0.477 e. The van der Waals surface area contributed by atoms with Crippen LogP contribution in [0.1, 0.15) is 42.3 Å². The Morgan fingerprint density at radius 3 is 2.91 bits per heavy atom. The third-order valence-corrected chi connectivity index (χ3v) is 6.68. The number of oxazole rings is 1. The molecule has 3 aromatic heterocycles. The van der Waals surface area contributed by atoms with Gasteiger partial charge in [-0.05, 0) is 29.8 Å². The summed E-state index contributed by atoms with van der Waals surface area (Å²) < 4.78 is 6.54. The number of nitrogens with zero attached hydrogens (tertiary/aromatic N) is 3. The van der Waals surface area contributed by atoms with E-state index in [4.69, 9.17) is 9.52 Å². The predicted octanol–water partition coefficient (Wildman–Crippen LogP) is 1.87. The van der Waals surface area contributed by atoms with Crippen LogP contribution in [0.3, 0.4) is 0 Å². The number of hydrogen-bond acceptors (Lipinski definition) is 9. The summed E-state index contributed by atoms with van der Waals surface area (Å²) in [4.78, 5) is 45.3. The zero-order chi connectivity index (χ0) is 23.8. The van der Waals surface area contributed by atoms with Gasteiger partial charge in [-0.15, -0.1) is 11.3 Å². The van der Waals surface area contributed by atoms with E-state index < -0.39 is 11.7 Å². The Kier molecular flexibility index (Phi) is 5.59. The number of benzene rings is 1. The van der Waals surface area contributed by atoms with E-state index in [1.807, 2.05) is 0 Å². The number of fused-ring (bicyclic) bond motifs is 2. The number of carbonyl (C=O) groups excluding carboxylic acids is 1. The molecule has 0 bridgehead atoms. The number of amides is 1. The van der Waals surface area contributed by atoms with Gasteiger partial charge in [0.1, 0.15) is 11.2 Å². The van der Waals surface area contributed by atoms with Gasteiger partial charge in [-0.3, -0.25) is 9.36 Å². The highest BCUT2D eigenvalue weighted by molar-refractivity contribution is 7.13. The van der Waals surface area contributed by atoms with Crippen molar-refractivity contribution in [1.82, 2.24) is 25.2 Å². The molecule has 34 heavy (non-hydrogen) atoms. The van der Waals surface area contributed by atoms with Gasteiger partial charge in [-0.1, -0.05) is 6.07 Å². The van der Waals surface area contributed by atoms with Gasteiger partial charge in [0, 0.05) is 31.6 Å². The van der Waals surface area contributed by atoms with Crippen molar-refractivity contribution in [3.63, 3.8) is 0 Å². The van der Waals surface area contributed by atoms with Crippen molar-refractivity contribution < 1.29 is 19.1 Å². The van der Waals surface area contributed by atoms with Gasteiger partial charge in [-0.2, -0.15) is 0 Å². The first-order valence-corrected chi connectivity index (χ1v) is 11.2. The van der Waals surface area contributed by atoms with Crippen molar-refractivity contribution >= 4 is 40.0 Å². The van der Waals surface area contributed by atoms with Crippen LogP contribution >= 0.6 is 11.3 Å². The molecule has 11 nitrogen and oxygen atoms in total. The van der Waals surface area contributed by atoms with Crippen LogP contribution in [0.15, 0.2) is 45.9 Å². The molecule has 174 valence electrons. The topological polar surface area (TPSA) is 151 Å². The van der Waals surface area contributed by atoms with Gasteiger partial charge in [0.15, 0.2) is 11.3 Å². The zero-order valence-corrected chi connectivity index (χ0v) is 18.8. The molecule has 1 aliphatic rings. The summed E-state index contributed by atoms with van der Waals surface area (Å²) in [5.41, 5.74) is 3.45. The minimum atomic E-state index is -0.943. The molecule has 0 radical (unpaired) electrons. The molecule has 0 fully saturated rings. The molecule has 0 aliphatic carbocycles. The summed E-state index contributed by atoms with van der Waals surface area (Å²) in [5.74, 6) is -1.73. The van der Waals surface area contributed by atoms with Crippen LogP contribution in [0.4, 0.5) is 5.69 Å². The second-order valence-electron chi connectivity index (χ2n) is 7.78. The highest BCUT2D eigenvalue weighted by atomic mass is 32.1. The van der Waals surface area contributed by atoms with E-state index in [0.717, 1.165) is 10.4 Å². The first kappa shape index (κ1) is 21.8. The summed E-state index contributed by atoms with van der Waals surface area (Å²) in [6, 6.07) is 8.50. The molecule has 0 saturated heterocycles. The minimum absolute atomic E-state index is 0.148. The first-order valence-electron chi connectivity index (χ1n) is 10.4. The summed E-state index contributed by atoms with van der Waals surface area (Å²) in [7, 11) is 1.63.